The van der Waals surface area contributed by atoms with E-state index in [-0.39, 0.29) is 17.1 Å². The van der Waals surface area contributed by atoms with Crippen molar-refractivity contribution in [2.24, 2.45) is 12.0 Å². The first-order valence-corrected chi connectivity index (χ1v) is 12.0. The Labute approximate surface area is 190 Å². The number of aryl methyl sites for hydroxylation is 1. The molecule has 1 amide bonds. The van der Waals surface area contributed by atoms with Crippen LogP contribution in [0.15, 0.2) is 58.4 Å². The van der Waals surface area contributed by atoms with E-state index in [0.29, 0.717) is 21.1 Å². The van der Waals surface area contributed by atoms with Gasteiger partial charge in [0, 0.05) is 24.0 Å². The predicted molar refractivity (Wildman–Crippen MR) is 122 cm³/mol. The van der Waals surface area contributed by atoms with Gasteiger partial charge in [0.15, 0.2) is 4.80 Å². The summed E-state index contributed by atoms with van der Waals surface area (Å²) in [5.41, 5.74) is 2.22. The number of amides is 1. The van der Waals surface area contributed by atoms with Gasteiger partial charge in [-0.3, -0.25) is 9.52 Å². The minimum Gasteiger partial charge on any atom is -0.462 e. The standard InChI is InChI=1S/C22H23N3O5S2/c1-5-30-21(27)19-15(3)25(4)22(31-19)23-20(26)16-8-10-17(11-9-16)24-32(28,29)18-12-6-14(2)7-13-18/h6-13,24H,5H2,1-4H3. The quantitative estimate of drug-likeness (QED) is 0.552. The second kappa shape index (κ2) is 9.49. The number of benzene rings is 2. The van der Waals surface area contributed by atoms with E-state index in [0.717, 1.165) is 16.9 Å². The highest BCUT2D eigenvalue weighted by Crippen LogP contribution is 2.18. The molecule has 0 aliphatic heterocycles. The number of esters is 1. The molecule has 168 valence electrons. The Morgan fingerprint density at radius 1 is 1.06 bits per heavy atom. The third-order valence-corrected chi connectivity index (χ3v) is 7.30. The summed E-state index contributed by atoms with van der Waals surface area (Å²) in [5, 5.41) is 0. The predicted octanol–water partition coefficient (Wildman–Crippen LogP) is 3.42. The third kappa shape index (κ3) is 5.14. The van der Waals surface area contributed by atoms with Crippen LogP contribution in [0.3, 0.4) is 0 Å². The molecule has 3 aromatic rings. The number of hydrogen-bond acceptors (Lipinski definition) is 6. The molecule has 2 aromatic carbocycles. The van der Waals surface area contributed by atoms with Crippen LogP contribution in [0.25, 0.3) is 0 Å². The fraction of sp³-hybridized carbons (Fsp3) is 0.227. The van der Waals surface area contributed by atoms with Gasteiger partial charge in [0.1, 0.15) is 4.88 Å². The molecule has 1 heterocycles. The molecule has 0 saturated carbocycles. The number of sulfonamides is 1. The molecule has 0 aliphatic rings. The Morgan fingerprint density at radius 2 is 1.69 bits per heavy atom. The highest BCUT2D eigenvalue weighted by molar-refractivity contribution is 7.92. The van der Waals surface area contributed by atoms with E-state index in [1.807, 2.05) is 6.92 Å². The van der Waals surface area contributed by atoms with Gasteiger partial charge in [-0.2, -0.15) is 4.99 Å². The first-order valence-electron chi connectivity index (χ1n) is 9.74. The van der Waals surface area contributed by atoms with Crippen LogP contribution in [0.4, 0.5) is 5.69 Å². The van der Waals surface area contributed by atoms with Crippen LogP contribution in [0.2, 0.25) is 0 Å². The summed E-state index contributed by atoms with van der Waals surface area (Å²) in [6.07, 6.45) is 0. The number of ether oxygens (including phenoxy) is 1. The number of aromatic nitrogens is 1. The maximum Gasteiger partial charge on any atom is 0.350 e. The topological polar surface area (TPSA) is 107 Å². The number of thiazole rings is 1. The van der Waals surface area contributed by atoms with Crippen LogP contribution in [-0.4, -0.2) is 31.5 Å². The van der Waals surface area contributed by atoms with E-state index < -0.39 is 21.9 Å². The molecular formula is C22H23N3O5S2. The van der Waals surface area contributed by atoms with E-state index in [1.165, 1.54) is 36.4 Å². The average Bonchev–Trinajstić information content (AvgIpc) is 3.03. The summed E-state index contributed by atoms with van der Waals surface area (Å²) in [6.45, 7) is 5.60. The normalized spacial score (nSPS) is 11.9. The third-order valence-electron chi connectivity index (χ3n) is 4.69. The number of rotatable bonds is 6. The van der Waals surface area contributed by atoms with Crippen molar-refractivity contribution in [3.05, 3.63) is 75.0 Å². The zero-order chi connectivity index (χ0) is 23.5. The van der Waals surface area contributed by atoms with E-state index in [4.69, 9.17) is 4.74 Å². The Kier molecular flexibility index (Phi) is 6.95. The number of hydrogen-bond donors (Lipinski definition) is 1. The second-order valence-electron chi connectivity index (χ2n) is 6.99. The van der Waals surface area contributed by atoms with E-state index in [1.54, 1.807) is 37.6 Å². The molecule has 0 fully saturated rings. The molecule has 0 radical (unpaired) electrons. The molecule has 1 N–H and O–H groups in total. The van der Waals surface area contributed by atoms with E-state index in [9.17, 15) is 18.0 Å². The minimum absolute atomic E-state index is 0.149. The van der Waals surface area contributed by atoms with Gasteiger partial charge in [0.25, 0.3) is 15.9 Å². The smallest absolute Gasteiger partial charge is 0.350 e. The first-order chi connectivity index (χ1) is 15.1. The van der Waals surface area contributed by atoms with Crippen molar-refractivity contribution in [3.63, 3.8) is 0 Å². The zero-order valence-corrected chi connectivity index (χ0v) is 19.7. The second-order valence-corrected chi connectivity index (χ2v) is 9.65. The monoisotopic (exact) mass is 473 g/mol. The molecule has 8 nitrogen and oxygen atoms in total. The molecular weight excluding hydrogens is 450 g/mol. The molecule has 0 bridgehead atoms. The van der Waals surface area contributed by atoms with Crippen molar-refractivity contribution in [2.75, 3.05) is 11.3 Å². The lowest BCUT2D eigenvalue weighted by Crippen LogP contribution is -2.15. The molecule has 10 heteroatoms. The van der Waals surface area contributed by atoms with Crippen LogP contribution in [0.5, 0.6) is 0 Å². The van der Waals surface area contributed by atoms with Gasteiger partial charge in [0.2, 0.25) is 0 Å². The molecule has 3 rings (SSSR count). The van der Waals surface area contributed by atoms with Gasteiger partial charge in [-0.15, -0.1) is 0 Å². The Morgan fingerprint density at radius 3 is 2.28 bits per heavy atom. The summed E-state index contributed by atoms with van der Waals surface area (Å²) in [5.74, 6) is -0.963. The maximum absolute atomic E-state index is 12.6. The molecule has 0 atom stereocenters. The lowest BCUT2D eigenvalue weighted by Gasteiger charge is -2.08. The lowest BCUT2D eigenvalue weighted by atomic mass is 10.2. The Balaban J connectivity index is 1.81. The Bertz CT molecular complexity index is 1320. The van der Waals surface area contributed by atoms with Crippen LogP contribution in [0.1, 0.15) is 38.2 Å². The number of nitrogens with zero attached hydrogens (tertiary/aromatic N) is 2. The molecule has 0 unspecified atom stereocenters. The summed E-state index contributed by atoms with van der Waals surface area (Å²) in [7, 11) is -2.02. The van der Waals surface area contributed by atoms with Crippen molar-refractivity contribution < 1.29 is 22.7 Å². The van der Waals surface area contributed by atoms with Crippen molar-refractivity contribution in [1.82, 2.24) is 4.57 Å². The SMILES string of the molecule is CCOC(=O)c1sc(=NC(=O)c2ccc(NS(=O)(=O)c3ccc(C)cc3)cc2)n(C)c1C. The summed E-state index contributed by atoms with van der Waals surface area (Å²) in [4.78, 5) is 29.7. The van der Waals surface area contributed by atoms with Gasteiger partial charge in [-0.25, -0.2) is 13.2 Å². The van der Waals surface area contributed by atoms with Crippen molar-refractivity contribution in [1.29, 1.82) is 0 Å². The number of carbonyl (C=O) groups excluding carboxylic acids is 2. The van der Waals surface area contributed by atoms with E-state index in [2.05, 4.69) is 9.71 Å². The van der Waals surface area contributed by atoms with Crippen LogP contribution < -0.4 is 9.52 Å². The van der Waals surface area contributed by atoms with Crippen LogP contribution >= 0.6 is 11.3 Å². The summed E-state index contributed by atoms with van der Waals surface area (Å²) >= 11 is 1.08. The highest BCUT2D eigenvalue weighted by Gasteiger charge is 2.17. The van der Waals surface area contributed by atoms with Crippen LogP contribution in [0, 0.1) is 13.8 Å². The highest BCUT2D eigenvalue weighted by atomic mass is 32.2. The Hall–Kier alpha value is -3.24. The van der Waals surface area contributed by atoms with Crippen molar-refractivity contribution >= 4 is 38.9 Å². The van der Waals surface area contributed by atoms with Gasteiger partial charge < -0.3 is 9.30 Å². The van der Waals surface area contributed by atoms with E-state index >= 15 is 0 Å². The average molecular weight is 474 g/mol. The molecule has 1 aromatic heterocycles. The lowest BCUT2D eigenvalue weighted by molar-refractivity contribution is 0.0530. The van der Waals surface area contributed by atoms with Gasteiger partial charge >= 0.3 is 5.97 Å². The maximum atomic E-state index is 12.6. The first kappa shape index (κ1) is 23.4. The fourth-order valence-corrected chi connectivity index (χ4v) is 4.85. The zero-order valence-electron chi connectivity index (χ0n) is 18.1. The van der Waals surface area contributed by atoms with Crippen molar-refractivity contribution in [3.8, 4) is 0 Å². The van der Waals surface area contributed by atoms with Gasteiger partial charge in [-0.1, -0.05) is 29.0 Å². The summed E-state index contributed by atoms with van der Waals surface area (Å²) in [6, 6.07) is 12.5. The largest absolute Gasteiger partial charge is 0.462 e. The van der Waals surface area contributed by atoms with Crippen molar-refractivity contribution in [2.45, 2.75) is 25.7 Å². The molecule has 0 spiro atoms. The number of anilines is 1. The number of nitrogens with one attached hydrogen (secondary N) is 1. The van der Waals surface area contributed by atoms with Gasteiger partial charge in [0.05, 0.1) is 11.5 Å². The van der Waals surface area contributed by atoms with Gasteiger partial charge in [-0.05, 0) is 57.2 Å². The molecule has 0 saturated heterocycles. The van der Waals surface area contributed by atoms with Crippen LogP contribution in [-0.2, 0) is 21.8 Å². The summed E-state index contributed by atoms with van der Waals surface area (Å²) < 4.78 is 34.2. The fourth-order valence-electron chi connectivity index (χ4n) is 2.78. The molecule has 32 heavy (non-hydrogen) atoms. The minimum atomic E-state index is -3.74. The molecule has 0 aliphatic carbocycles. The number of carbonyl (C=O) groups is 2.